The number of benzene rings is 2. The molecule has 0 radical (unpaired) electrons. The molecular formula is C27H35N5O4. The van der Waals surface area contributed by atoms with Crippen LogP contribution in [0.15, 0.2) is 54.6 Å². The van der Waals surface area contributed by atoms with E-state index in [2.05, 4.69) is 5.32 Å². The molecular weight excluding hydrogens is 458 g/mol. The molecule has 2 aromatic carbocycles. The molecule has 36 heavy (non-hydrogen) atoms. The van der Waals surface area contributed by atoms with Gasteiger partial charge in [-0.3, -0.25) is 9.59 Å². The maximum atomic E-state index is 13.6. The standard InChI is InChI=1S/C27H35N5O4/c1-5-9-23-26(34)30(19(2)21-10-7-6-8-11-21)17-24-31(23)25(33)18-29(3)32(24)27(35)28-16-20-12-14-22(36-4)15-13-20/h6-8,10-15,19,23-24H,5,9,16-18H2,1-4H3,(H,28,35)/t19-,23+,24+/m1/s1. The van der Waals surface area contributed by atoms with Crippen LogP contribution in [0.3, 0.4) is 0 Å². The Balaban J connectivity index is 1.59. The number of rotatable bonds is 7. The van der Waals surface area contributed by atoms with Crippen LogP contribution in [0.2, 0.25) is 0 Å². The lowest BCUT2D eigenvalue weighted by Crippen LogP contribution is -2.76. The summed E-state index contributed by atoms with van der Waals surface area (Å²) in [4.78, 5) is 43.7. The number of methoxy groups -OCH3 is 1. The van der Waals surface area contributed by atoms with Gasteiger partial charge >= 0.3 is 6.03 Å². The number of piperazine rings is 1. The fraction of sp³-hybridized carbons (Fsp3) is 0.444. The molecule has 3 atom stereocenters. The van der Waals surface area contributed by atoms with E-state index in [9.17, 15) is 14.4 Å². The highest BCUT2D eigenvalue weighted by molar-refractivity contribution is 5.91. The van der Waals surface area contributed by atoms with Crippen molar-refractivity contribution in [3.05, 3.63) is 65.7 Å². The predicted molar refractivity (Wildman–Crippen MR) is 136 cm³/mol. The monoisotopic (exact) mass is 493 g/mol. The smallest absolute Gasteiger partial charge is 0.334 e. The van der Waals surface area contributed by atoms with Gasteiger partial charge in [-0.1, -0.05) is 55.8 Å². The van der Waals surface area contributed by atoms with E-state index in [0.717, 1.165) is 23.3 Å². The van der Waals surface area contributed by atoms with Crippen LogP contribution >= 0.6 is 0 Å². The minimum Gasteiger partial charge on any atom is -0.497 e. The topological polar surface area (TPSA) is 85.4 Å². The summed E-state index contributed by atoms with van der Waals surface area (Å²) < 4.78 is 5.20. The summed E-state index contributed by atoms with van der Waals surface area (Å²) in [6.07, 6.45) is 0.705. The van der Waals surface area contributed by atoms with Gasteiger partial charge in [0.2, 0.25) is 11.8 Å². The average Bonchev–Trinajstić information content (AvgIpc) is 2.89. The third-order valence-corrected chi connectivity index (χ3v) is 7.01. The lowest BCUT2D eigenvalue weighted by atomic mass is 9.98. The van der Waals surface area contributed by atoms with Gasteiger partial charge in [0.05, 0.1) is 26.2 Å². The molecule has 0 unspecified atom stereocenters. The van der Waals surface area contributed by atoms with Gasteiger partial charge in [0.1, 0.15) is 18.0 Å². The minimum atomic E-state index is -0.599. The van der Waals surface area contributed by atoms with Crippen molar-refractivity contribution < 1.29 is 19.1 Å². The fourth-order valence-electron chi connectivity index (χ4n) is 5.08. The summed E-state index contributed by atoms with van der Waals surface area (Å²) in [5.41, 5.74) is 1.94. The van der Waals surface area contributed by atoms with Crippen molar-refractivity contribution in [1.29, 1.82) is 0 Å². The maximum absolute atomic E-state index is 13.6. The van der Waals surface area contributed by atoms with E-state index in [1.165, 1.54) is 0 Å². The number of amides is 4. The highest BCUT2D eigenvalue weighted by atomic mass is 16.5. The van der Waals surface area contributed by atoms with Crippen LogP contribution in [0.4, 0.5) is 4.79 Å². The molecule has 2 aliphatic rings. The van der Waals surface area contributed by atoms with E-state index in [0.29, 0.717) is 13.0 Å². The molecule has 2 heterocycles. The number of fused-ring (bicyclic) bond motifs is 1. The van der Waals surface area contributed by atoms with Gasteiger partial charge < -0.3 is 19.9 Å². The number of hydrogen-bond acceptors (Lipinski definition) is 5. The SMILES string of the molecule is CCC[C@H]1C(=O)N([C@H](C)c2ccccc2)C[C@H]2N1C(=O)CN(C)N2C(=O)NCc1ccc(OC)cc1. The molecule has 192 valence electrons. The molecule has 0 saturated carbocycles. The molecule has 0 aliphatic carbocycles. The van der Waals surface area contributed by atoms with Gasteiger partial charge in [-0.2, -0.15) is 0 Å². The Labute approximate surface area is 212 Å². The summed E-state index contributed by atoms with van der Waals surface area (Å²) in [6.45, 7) is 4.60. The molecule has 2 aromatic rings. The number of likely N-dealkylation sites (N-methyl/N-ethyl adjacent to an activating group) is 1. The first-order valence-corrected chi connectivity index (χ1v) is 12.4. The molecule has 2 fully saturated rings. The summed E-state index contributed by atoms with van der Waals surface area (Å²) in [7, 11) is 3.34. The largest absolute Gasteiger partial charge is 0.497 e. The Hall–Kier alpha value is -3.59. The number of hydrogen-bond donors (Lipinski definition) is 1. The van der Waals surface area contributed by atoms with Gasteiger partial charge in [-0.05, 0) is 36.6 Å². The first-order valence-electron chi connectivity index (χ1n) is 12.4. The fourth-order valence-corrected chi connectivity index (χ4v) is 5.08. The van der Waals surface area contributed by atoms with E-state index in [1.807, 2.05) is 73.3 Å². The molecule has 9 heteroatoms. The third-order valence-electron chi connectivity index (χ3n) is 7.01. The van der Waals surface area contributed by atoms with Crippen molar-refractivity contribution in [3.8, 4) is 5.75 Å². The summed E-state index contributed by atoms with van der Waals surface area (Å²) >= 11 is 0. The van der Waals surface area contributed by atoms with E-state index in [-0.39, 0.29) is 37.0 Å². The van der Waals surface area contributed by atoms with Crippen LogP contribution < -0.4 is 10.1 Å². The van der Waals surface area contributed by atoms with Gasteiger partial charge in [-0.25, -0.2) is 14.8 Å². The van der Waals surface area contributed by atoms with Crippen LogP contribution in [-0.2, 0) is 16.1 Å². The number of hydrazine groups is 1. The van der Waals surface area contributed by atoms with Crippen molar-refractivity contribution in [3.63, 3.8) is 0 Å². The summed E-state index contributed by atoms with van der Waals surface area (Å²) in [6, 6.07) is 16.2. The average molecular weight is 494 g/mol. The molecule has 0 bridgehead atoms. The Morgan fingerprint density at radius 2 is 1.81 bits per heavy atom. The Bertz CT molecular complexity index is 1080. The molecule has 4 rings (SSSR count). The van der Waals surface area contributed by atoms with E-state index >= 15 is 0 Å². The molecule has 0 spiro atoms. The second kappa shape index (κ2) is 11.0. The molecule has 2 aliphatic heterocycles. The summed E-state index contributed by atoms with van der Waals surface area (Å²) in [5.74, 6) is 0.540. The van der Waals surface area contributed by atoms with Crippen molar-refractivity contribution in [1.82, 2.24) is 25.1 Å². The normalized spacial score (nSPS) is 21.3. The third kappa shape index (κ3) is 5.02. The zero-order valence-corrected chi connectivity index (χ0v) is 21.4. The number of nitrogens with zero attached hydrogens (tertiary/aromatic N) is 4. The molecule has 9 nitrogen and oxygen atoms in total. The number of carbonyl (C=O) groups is 3. The van der Waals surface area contributed by atoms with Crippen molar-refractivity contribution in [2.75, 3.05) is 27.2 Å². The highest BCUT2D eigenvalue weighted by Gasteiger charge is 2.51. The van der Waals surface area contributed by atoms with Crippen LogP contribution in [0.1, 0.15) is 43.9 Å². The number of carbonyl (C=O) groups excluding carboxylic acids is 3. The lowest BCUT2D eigenvalue weighted by molar-refractivity contribution is -0.189. The van der Waals surface area contributed by atoms with E-state index < -0.39 is 12.2 Å². The molecule has 4 amide bonds. The number of nitrogens with one attached hydrogen (secondary N) is 1. The van der Waals surface area contributed by atoms with Gasteiger partial charge in [-0.15, -0.1) is 0 Å². The molecule has 2 saturated heterocycles. The zero-order chi connectivity index (χ0) is 25.8. The van der Waals surface area contributed by atoms with Crippen molar-refractivity contribution in [2.24, 2.45) is 0 Å². The summed E-state index contributed by atoms with van der Waals surface area (Å²) in [5, 5.41) is 6.22. The lowest BCUT2D eigenvalue weighted by Gasteiger charge is -2.55. The van der Waals surface area contributed by atoms with Gasteiger partial charge in [0.25, 0.3) is 0 Å². The van der Waals surface area contributed by atoms with Crippen molar-refractivity contribution >= 4 is 17.8 Å². The first-order chi connectivity index (χ1) is 17.3. The highest BCUT2D eigenvalue weighted by Crippen LogP contribution is 2.32. The second-order valence-electron chi connectivity index (χ2n) is 9.33. The Morgan fingerprint density at radius 1 is 1.11 bits per heavy atom. The molecule has 0 aromatic heterocycles. The van der Waals surface area contributed by atoms with Crippen LogP contribution in [0.5, 0.6) is 5.75 Å². The van der Waals surface area contributed by atoms with Crippen LogP contribution in [0.25, 0.3) is 0 Å². The maximum Gasteiger partial charge on any atom is 0.334 e. The van der Waals surface area contributed by atoms with Crippen LogP contribution in [-0.4, -0.2) is 77.1 Å². The van der Waals surface area contributed by atoms with Crippen molar-refractivity contribution in [2.45, 2.75) is 51.5 Å². The van der Waals surface area contributed by atoms with Crippen LogP contribution in [0, 0.1) is 0 Å². The quantitative estimate of drug-likeness (QED) is 0.641. The molecule has 1 N–H and O–H groups in total. The first kappa shape index (κ1) is 25.5. The van der Waals surface area contributed by atoms with Gasteiger partial charge in [0.15, 0.2) is 0 Å². The predicted octanol–water partition coefficient (Wildman–Crippen LogP) is 2.99. The second-order valence-corrected chi connectivity index (χ2v) is 9.33. The zero-order valence-electron chi connectivity index (χ0n) is 21.4. The Kier molecular flexibility index (Phi) is 7.79. The van der Waals surface area contributed by atoms with E-state index in [1.54, 1.807) is 29.1 Å². The minimum absolute atomic E-state index is 0.0359. The number of ether oxygens (including phenoxy) is 1. The van der Waals surface area contributed by atoms with Gasteiger partial charge in [0, 0.05) is 13.6 Å². The van der Waals surface area contributed by atoms with E-state index in [4.69, 9.17) is 4.74 Å². The Morgan fingerprint density at radius 3 is 2.44 bits per heavy atom. The number of urea groups is 1.